The Hall–Kier alpha value is -2.55. The molecule has 0 spiro atoms. The smallest absolute Gasteiger partial charge is 0.119 e. The van der Waals surface area contributed by atoms with Crippen molar-refractivity contribution < 1.29 is 4.74 Å². The third-order valence-electron chi connectivity index (χ3n) is 3.65. The van der Waals surface area contributed by atoms with Crippen molar-refractivity contribution >= 4 is 0 Å². The highest BCUT2D eigenvalue weighted by Gasteiger charge is 2.08. The number of imidazole rings is 1. The molecule has 0 atom stereocenters. The van der Waals surface area contributed by atoms with Crippen LogP contribution in [0.3, 0.4) is 0 Å². The van der Waals surface area contributed by atoms with Gasteiger partial charge >= 0.3 is 0 Å². The van der Waals surface area contributed by atoms with Crippen molar-refractivity contribution in [3.8, 4) is 22.7 Å². The number of ether oxygens (including phenoxy) is 1. The van der Waals surface area contributed by atoms with Crippen molar-refractivity contribution in [1.82, 2.24) is 9.55 Å². The quantitative estimate of drug-likeness (QED) is 0.719. The van der Waals surface area contributed by atoms with E-state index >= 15 is 0 Å². The third-order valence-corrected chi connectivity index (χ3v) is 3.65. The number of methoxy groups -OCH3 is 1. The third kappa shape index (κ3) is 2.55. The molecule has 0 fully saturated rings. The van der Waals surface area contributed by atoms with Crippen LogP contribution in [0.25, 0.3) is 16.9 Å². The molecule has 3 nitrogen and oxygen atoms in total. The van der Waals surface area contributed by atoms with Gasteiger partial charge in [0.15, 0.2) is 0 Å². The van der Waals surface area contributed by atoms with Gasteiger partial charge in [0.2, 0.25) is 0 Å². The van der Waals surface area contributed by atoms with Crippen molar-refractivity contribution in [3.05, 3.63) is 66.1 Å². The van der Waals surface area contributed by atoms with Crippen LogP contribution in [0.2, 0.25) is 0 Å². The number of rotatable bonds is 3. The molecule has 0 unspecified atom stereocenters. The fourth-order valence-electron chi connectivity index (χ4n) is 2.59. The Bertz CT molecular complexity index is 754. The highest BCUT2D eigenvalue weighted by Crippen LogP contribution is 2.25. The summed E-state index contributed by atoms with van der Waals surface area (Å²) in [6.07, 6.45) is 3.92. The molecule has 0 aliphatic carbocycles. The van der Waals surface area contributed by atoms with E-state index in [0.717, 1.165) is 17.0 Å². The summed E-state index contributed by atoms with van der Waals surface area (Å²) < 4.78 is 7.35. The van der Waals surface area contributed by atoms with Gasteiger partial charge in [-0.3, -0.25) is 0 Å². The number of hydrogen-bond acceptors (Lipinski definition) is 2. The second kappa shape index (κ2) is 5.44. The summed E-state index contributed by atoms with van der Waals surface area (Å²) in [7, 11) is 1.68. The average molecular weight is 278 g/mol. The van der Waals surface area contributed by atoms with Gasteiger partial charge in [-0.2, -0.15) is 0 Å². The number of aromatic nitrogens is 2. The van der Waals surface area contributed by atoms with Gasteiger partial charge in [0, 0.05) is 11.8 Å². The molecule has 0 saturated heterocycles. The SMILES string of the molecule is COc1cccc(-c2cn(-c3c(C)cccc3C)cn2)c1. The Balaban J connectivity index is 2.04. The largest absolute Gasteiger partial charge is 0.497 e. The van der Waals surface area contributed by atoms with E-state index in [1.54, 1.807) is 7.11 Å². The molecule has 3 rings (SSSR count). The van der Waals surface area contributed by atoms with Crippen molar-refractivity contribution in [2.45, 2.75) is 13.8 Å². The first kappa shape index (κ1) is 13.4. The number of aryl methyl sites for hydroxylation is 2. The Labute approximate surface area is 124 Å². The summed E-state index contributed by atoms with van der Waals surface area (Å²) in [5.74, 6) is 0.842. The van der Waals surface area contributed by atoms with Crippen LogP contribution in [-0.2, 0) is 0 Å². The van der Waals surface area contributed by atoms with Gasteiger partial charge in [-0.05, 0) is 37.1 Å². The fourth-order valence-corrected chi connectivity index (χ4v) is 2.59. The standard InChI is InChI=1S/C18H18N2O/c1-13-6-4-7-14(2)18(13)20-11-17(19-12-20)15-8-5-9-16(10-15)21-3/h4-12H,1-3H3. The molecule has 0 radical (unpaired) electrons. The predicted octanol–water partition coefficient (Wildman–Crippen LogP) is 4.16. The lowest BCUT2D eigenvalue weighted by Crippen LogP contribution is -1.96. The van der Waals surface area contributed by atoms with E-state index in [-0.39, 0.29) is 0 Å². The Morgan fingerprint density at radius 3 is 2.43 bits per heavy atom. The van der Waals surface area contributed by atoms with E-state index in [2.05, 4.69) is 47.8 Å². The molecule has 3 aromatic rings. The molecule has 0 N–H and O–H groups in total. The molecule has 2 aromatic carbocycles. The zero-order valence-electron chi connectivity index (χ0n) is 12.5. The normalized spacial score (nSPS) is 10.6. The molecule has 0 aliphatic heterocycles. The van der Waals surface area contributed by atoms with Crippen LogP contribution in [0.15, 0.2) is 55.0 Å². The minimum Gasteiger partial charge on any atom is -0.497 e. The second-order valence-electron chi connectivity index (χ2n) is 5.14. The maximum Gasteiger partial charge on any atom is 0.119 e. The Kier molecular flexibility index (Phi) is 3.48. The van der Waals surface area contributed by atoms with Crippen molar-refractivity contribution in [3.63, 3.8) is 0 Å². The van der Waals surface area contributed by atoms with Crippen LogP contribution in [0.5, 0.6) is 5.75 Å². The Morgan fingerprint density at radius 1 is 1.00 bits per heavy atom. The zero-order chi connectivity index (χ0) is 14.8. The number of hydrogen-bond donors (Lipinski definition) is 0. The van der Waals surface area contributed by atoms with E-state index in [4.69, 9.17) is 4.74 Å². The van der Waals surface area contributed by atoms with Crippen LogP contribution in [0.1, 0.15) is 11.1 Å². The molecule has 3 heteroatoms. The topological polar surface area (TPSA) is 27.1 Å². The summed E-state index contributed by atoms with van der Waals surface area (Å²) in [6.45, 7) is 4.24. The van der Waals surface area contributed by atoms with E-state index < -0.39 is 0 Å². The molecule has 0 aliphatic rings. The first-order valence-electron chi connectivity index (χ1n) is 6.94. The van der Waals surface area contributed by atoms with Crippen LogP contribution in [0.4, 0.5) is 0 Å². The van der Waals surface area contributed by atoms with Crippen molar-refractivity contribution in [1.29, 1.82) is 0 Å². The monoisotopic (exact) mass is 278 g/mol. The second-order valence-corrected chi connectivity index (χ2v) is 5.14. The highest BCUT2D eigenvalue weighted by molar-refractivity contribution is 5.61. The molecular formula is C18H18N2O. The highest BCUT2D eigenvalue weighted by atomic mass is 16.5. The summed E-state index contributed by atoms with van der Waals surface area (Å²) in [5, 5.41) is 0. The van der Waals surface area contributed by atoms with Crippen molar-refractivity contribution in [2.75, 3.05) is 7.11 Å². The molecule has 1 aromatic heterocycles. The minimum absolute atomic E-state index is 0.842. The lowest BCUT2D eigenvalue weighted by atomic mass is 10.1. The van der Waals surface area contributed by atoms with E-state index in [1.807, 2.05) is 30.6 Å². The number of benzene rings is 2. The molecule has 21 heavy (non-hydrogen) atoms. The lowest BCUT2D eigenvalue weighted by Gasteiger charge is -2.09. The maximum absolute atomic E-state index is 5.27. The van der Waals surface area contributed by atoms with Gasteiger partial charge in [0.1, 0.15) is 5.75 Å². The molecular weight excluding hydrogens is 260 g/mol. The number of para-hydroxylation sites is 1. The van der Waals surface area contributed by atoms with E-state index in [9.17, 15) is 0 Å². The molecule has 0 bridgehead atoms. The van der Waals surface area contributed by atoms with Crippen LogP contribution in [-0.4, -0.2) is 16.7 Å². The van der Waals surface area contributed by atoms with Gasteiger partial charge in [0.25, 0.3) is 0 Å². The summed E-state index contributed by atoms with van der Waals surface area (Å²) in [6, 6.07) is 14.3. The molecule has 106 valence electrons. The van der Waals surface area contributed by atoms with Gasteiger partial charge in [-0.15, -0.1) is 0 Å². The van der Waals surface area contributed by atoms with E-state index in [0.29, 0.717) is 0 Å². The first-order chi connectivity index (χ1) is 10.2. The zero-order valence-corrected chi connectivity index (χ0v) is 12.5. The van der Waals surface area contributed by atoms with Gasteiger partial charge in [0.05, 0.1) is 24.8 Å². The van der Waals surface area contributed by atoms with Crippen LogP contribution < -0.4 is 4.74 Å². The average Bonchev–Trinajstić information content (AvgIpc) is 2.97. The predicted molar refractivity (Wildman–Crippen MR) is 85.0 cm³/mol. The molecule has 0 amide bonds. The minimum atomic E-state index is 0.842. The first-order valence-corrected chi connectivity index (χ1v) is 6.94. The molecule has 1 heterocycles. The van der Waals surface area contributed by atoms with E-state index in [1.165, 1.54) is 16.8 Å². The Morgan fingerprint density at radius 2 is 1.71 bits per heavy atom. The number of nitrogens with zero attached hydrogens (tertiary/aromatic N) is 2. The van der Waals surface area contributed by atoms with Gasteiger partial charge in [-0.25, -0.2) is 4.98 Å². The van der Waals surface area contributed by atoms with Gasteiger partial charge < -0.3 is 9.30 Å². The summed E-state index contributed by atoms with van der Waals surface area (Å²) >= 11 is 0. The molecule has 0 saturated carbocycles. The van der Waals surface area contributed by atoms with Crippen molar-refractivity contribution in [2.24, 2.45) is 0 Å². The van der Waals surface area contributed by atoms with Crippen LogP contribution in [0, 0.1) is 13.8 Å². The van der Waals surface area contributed by atoms with Gasteiger partial charge in [-0.1, -0.05) is 30.3 Å². The fraction of sp³-hybridized carbons (Fsp3) is 0.167. The lowest BCUT2D eigenvalue weighted by molar-refractivity contribution is 0.415. The summed E-state index contributed by atoms with van der Waals surface area (Å²) in [5.41, 5.74) is 5.67. The summed E-state index contributed by atoms with van der Waals surface area (Å²) in [4.78, 5) is 4.53. The maximum atomic E-state index is 5.27. The van der Waals surface area contributed by atoms with Crippen LogP contribution >= 0.6 is 0 Å².